The summed E-state index contributed by atoms with van der Waals surface area (Å²) >= 11 is 0. The van der Waals surface area contributed by atoms with E-state index in [0.29, 0.717) is 25.4 Å². The van der Waals surface area contributed by atoms with Gasteiger partial charge in [0.05, 0.1) is 5.60 Å². The molecule has 1 N–H and O–H groups in total. The standard InChI is InChI=1S/C13H23NO3/c1-10-8-14(12(15)9-17-2)7-6-13(10,16)11-4-3-5-11/h10-11,16H,3-9H2,1-2H3. The molecule has 2 atom stereocenters. The fraction of sp³-hybridized carbons (Fsp3) is 0.923. The lowest BCUT2D eigenvalue weighted by Crippen LogP contribution is -2.57. The lowest BCUT2D eigenvalue weighted by molar-refractivity contribution is -0.153. The van der Waals surface area contributed by atoms with E-state index in [0.717, 1.165) is 12.8 Å². The molecule has 98 valence electrons. The van der Waals surface area contributed by atoms with Gasteiger partial charge in [0.1, 0.15) is 6.61 Å². The first-order valence-electron chi connectivity index (χ1n) is 6.57. The number of piperidine rings is 1. The number of hydrogen-bond donors (Lipinski definition) is 1. The molecule has 4 nitrogen and oxygen atoms in total. The van der Waals surface area contributed by atoms with E-state index in [4.69, 9.17) is 4.74 Å². The molecule has 0 spiro atoms. The van der Waals surface area contributed by atoms with E-state index in [9.17, 15) is 9.90 Å². The number of nitrogens with zero attached hydrogens (tertiary/aromatic N) is 1. The van der Waals surface area contributed by atoms with Crippen molar-refractivity contribution in [3.8, 4) is 0 Å². The molecule has 1 aliphatic carbocycles. The van der Waals surface area contributed by atoms with Crippen LogP contribution in [0.2, 0.25) is 0 Å². The largest absolute Gasteiger partial charge is 0.389 e. The molecule has 2 rings (SSSR count). The van der Waals surface area contributed by atoms with Crippen molar-refractivity contribution in [3.05, 3.63) is 0 Å². The van der Waals surface area contributed by atoms with Crippen LogP contribution < -0.4 is 0 Å². The van der Waals surface area contributed by atoms with Crippen molar-refractivity contribution in [2.45, 2.75) is 38.2 Å². The van der Waals surface area contributed by atoms with Crippen molar-refractivity contribution in [1.82, 2.24) is 4.90 Å². The molecule has 17 heavy (non-hydrogen) atoms. The maximum atomic E-state index is 11.7. The van der Waals surface area contributed by atoms with Gasteiger partial charge in [-0.1, -0.05) is 13.3 Å². The Hall–Kier alpha value is -0.610. The number of methoxy groups -OCH3 is 1. The fourth-order valence-corrected chi connectivity index (χ4v) is 3.10. The maximum Gasteiger partial charge on any atom is 0.248 e. The zero-order chi connectivity index (χ0) is 12.5. The summed E-state index contributed by atoms with van der Waals surface area (Å²) in [5.41, 5.74) is -0.540. The Kier molecular flexibility index (Phi) is 3.73. The summed E-state index contributed by atoms with van der Waals surface area (Å²) in [6, 6.07) is 0. The van der Waals surface area contributed by atoms with Crippen molar-refractivity contribution in [2.24, 2.45) is 11.8 Å². The first kappa shape index (κ1) is 12.8. The van der Waals surface area contributed by atoms with Crippen LogP contribution in [0.25, 0.3) is 0 Å². The summed E-state index contributed by atoms with van der Waals surface area (Å²) in [6.45, 7) is 3.54. The highest BCUT2D eigenvalue weighted by atomic mass is 16.5. The van der Waals surface area contributed by atoms with E-state index in [1.54, 1.807) is 0 Å². The third kappa shape index (κ3) is 2.33. The van der Waals surface area contributed by atoms with Crippen LogP contribution in [0.5, 0.6) is 0 Å². The third-order valence-electron chi connectivity index (χ3n) is 4.56. The molecule has 0 radical (unpaired) electrons. The predicted octanol–water partition coefficient (Wildman–Crippen LogP) is 1.03. The van der Waals surface area contributed by atoms with Crippen LogP contribution in [0.15, 0.2) is 0 Å². The fourth-order valence-electron chi connectivity index (χ4n) is 3.10. The van der Waals surface area contributed by atoms with Gasteiger partial charge in [0.25, 0.3) is 0 Å². The van der Waals surface area contributed by atoms with E-state index < -0.39 is 5.60 Å². The maximum absolute atomic E-state index is 11.7. The molecule has 1 saturated heterocycles. The number of rotatable bonds is 3. The Labute approximate surface area is 103 Å². The lowest BCUT2D eigenvalue weighted by Gasteiger charge is -2.50. The molecule has 1 heterocycles. The second-order valence-corrected chi connectivity index (χ2v) is 5.54. The smallest absolute Gasteiger partial charge is 0.248 e. The van der Waals surface area contributed by atoms with Gasteiger partial charge in [0.15, 0.2) is 0 Å². The summed E-state index contributed by atoms with van der Waals surface area (Å²) in [7, 11) is 1.54. The van der Waals surface area contributed by atoms with Crippen molar-refractivity contribution in [1.29, 1.82) is 0 Å². The van der Waals surface area contributed by atoms with Gasteiger partial charge in [0, 0.05) is 26.1 Å². The van der Waals surface area contributed by atoms with Crippen LogP contribution in [0.3, 0.4) is 0 Å². The normalized spacial score (nSPS) is 34.5. The molecule has 0 aromatic heterocycles. The second kappa shape index (κ2) is 4.94. The lowest BCUT2D eigenvalue weighted by atomic mass is 9.65. The first-order chi connectivity index (χ1) is 8.08. The Morgan fingerprint density at radius 2 is 2.24 bits per heavy atom. The Bertz CT molecular complexity index is 290. The molecule has 0 aromatic rings. The van der Waals surface area contributed by atoms with Crippen molar-refractivity contribution in [2.75, 3.05) is 26.8 Å². The van der Waals surface area contributed by atoms with E-state index in [1.165, 1.54) is 13.5 Å². The average Bonchev–Trinajstić information content (AvgIpc) is 2.20. The van der Waals surface area contributed by atoms with Crippen molar-refractivity contribution >= 4 is 5.91 Å². The number of aliphatic hydroxyl groups is 1. The average molecular weight is 241 g/mol. The number of hydrogen-bond acceptors (Lipinski definition) is 3. The highest BCUT2D eigenvalue weighted by Crippen LogP contribution is 2.44. The SMILES string of the molecule is COCC(=O)N1CCC(O)(C2CCC2)C(C)C1. The van der Waals surface area contributed by atoms with Crippen molar-refractivity contribution in [3.63, 3.8) is 0 Å². The minimum absolute atomic E-state index is 0.0370. The van der Waals surface area contributed by atoms with Gasteiger partial charge in [-0.2, -0.15) is 0 Å². The van der Waals surface area contributed by atoms with E-state index in [-0.39, 0.29) is 18.4 Å². The van der Waals surface area contributed by atoms with Gasteiger partial charge in [-0.15, -0.1) is 0 Å². The zero-order valence-corrected chi connectivity index (χ0v) is 10.8. The van der Waals surface area contributed by atoms with Gasteiger partial charge in [-0.3, -0.25) is 4.79 Å². The molecule has 1 saturated carbocycles. The van der Waals surface area contributed by atoms with Crippen LogP contribution in [0, 0.1) is 11.8 Å². The zero-order valence-electron chi connectivity index (χ0n) is 10.8. The Morgan fingerprint density at radius 1 is 1.53 bits per heavy atom. The van der Waals surface area contributed by atoms with Crippen LogP contribution in [-0.2, 0) is 9.53 Å². The molecule has 1 amide bonds. The van der Waals surface area contributed by atoms with E-state index >= 15 is 0 Å². The molecule has 0 aromatic carbocycles. The minimum Gasteiger partial charge on any atom is -0.389 e. The number of carbonyl (C=O) groups excluding carboxylic acids is 1. The highest BCUT2D eigenvalue weighted by Gasteiger charge is 2.47. The molecule has 0 bridgehead atoms. The Balaban J connectivity index is 1.94. The number of ether oxygens (including phenoxy) is 1. The molecule has 4 heteroatoms. The molecule has 2 aliphatic rings. The van der Waals surface area contributed by atoms with Gasteiger partial charge in [-0.25, -0.2) is 0 Å². The summed E-state index contributed by atoms with van der Waals surface area (Å²) in [4.78, 5) is 13.5. The van der Waals surface area contributed by atoms with E-state index in [1.807, 2.05) is 4.90 Å². The van der Waals surface area contributed by atoms with E-state index in [2.05, 4.69) is 6.92 Å². The Morgan fingerprint density at radius 3 is 2.71 bits per heavy atom. The molecular formula is C13H23NO3. The number of carbonyl (C=O) groups is 1. The number of likely N-dealkylation sites (tertiary alicyclic amines) is 1. The van der Waals surface area contributed by atoms with Gasteiger partial charge >= 0.3 is 0 Å². The van der Waals surface area contributed by atoms with Gasteiger partial charge in [0.2, 0.25) is 5.91 Å². The number of amides is 1. The third-order valence-corrected chi connectivity index (χ3v) is 4.56. The summed E-state index contributed by atoms with van der Waals surface area (Å²) in [6.07, 6.45) is 4.25. The van der Waals surface area contributed by atoms with Crippen LogP contribution in [0.4, 0.5) is 0 Å². The summed E-state index contributed by atoms with van der Waals surface area (Å²) < 4.78 is 4.87. The molecule has 2 fully saturated rings. The minimum atomic E-state index is -0.540. The summed E-state index contributed by atoms with van der Waals surface area (Å²) in [5, 5.41) is 10.7. The topological polar surface area (TPSA) is 49.8 Å². The summed E-state index contributed by atoms with van der Waals surface area (Å²) in [5.74, 6) is 0.662. The predicted molar refractivity (Wildman–Crippen MR) is 64.5 cm³/mol. The molecule has 1 aliphatic heterocycles. The molecule has 2 unspecified atom stereocenters. The van der Waals surface area contributed by atoms with Crippen LogP contribution in [-0.4, -0.2) is 48.3 Å². The van der Waals surface area contributed by atoms with Crippen LogP contribution in [0.1, 0.15) is 32.6 Å². The molecular weight excluding hydrogens is 218 g/mol. The quantitative estimate of drug-likeness (QED) is 0.803. The van der Waals surface area contributed by atoms with Gasteiger partial charge in [-0.05, 0) is 25.2 Å². The first-order valence-corrected chi connectivity index (χ1v) is 6.57. The second-order valence-electron chi connectivity index (χ2n) is 5.54. The van der Waals surface area contributed by atoms with Crippen molar-refractivity contribution < 1.29 is 14.6 Å². The highest BCUT2D eigenvalue weighted by molar-refractivity contribution is 5.77. The van der Waals surface area contributed by atoms with Crippen LogP contribution >= 0.6 is 0 Å². The monoisotopic (exact) mass is 241 g/mol. The van der Waals surface area contributed by atoms with Gasteiger partial charge < -0.3 is 14.7 Å².